The zero-order valence-corrected chi connectivity index (χ0v) is 15.9. The molecule has 1 saturated heterocycles. The van der Waals surface area contributed by atoms with Crippen molar-refractivity contribution in [3.05, 3.63) is 59.2 Å². The smallest absolute Gasteiger partial charge is 0.191 e. The van der Waals surface area contributed by atoms with Gasteiger partial charge in [0.05, 0.1) is 6.10 Å². The first-order chi connectivity index (χ1) is 13.5. The van der Waals surface area contributed by atoms with E-state index in [1.54, 1.807) is 12.1 Å². The van der Waals surface area contributed by atoms with Crippen LogP contribution in [-0.4, -0.2) is 25.1 Å². The lowest BCUT2D eigenvalue weighted by atomic mass is 10.1. The number of Topliss-reactive ketones (excluding diaryl/α,β-unsaturated/α-hetero) is 1. The van der Waals surface area contributed by atoms with E-state index in [0.29, 0.717) is 29.9 Å². The average molecular weight is 390 g/mol. The Balaban J connectivity index is 1.64. The maximum atomic E-state index is 14.3. The first-order valence-corrected chi connectivity index (χ1v) is 9.45. The van der Waals surface area contributed by atoms with E-state index in [1.165, 1.54) is 19.1 Å². The molecule has 2 aromatic carbocycles. The molecule has 6 heteroatoms. The Hall–Kier alpha value is -2.47. The standard InChI is InChI=1S/C22H24F2O4/c1-15(25)8-9-16-11-19(23)22(20(24)12-16)28-13-17-5-2-3-7-21(17)27-14-18-6-4-10-26-18/h2-3,5,7,11-12,18H,4,6,8-10,13-14H2,1H3. The fourth-order valence-corrected chi connectivity index (χ4v) is 3.09. The summed E-state index contributed by atoms with van der Waals surface area (Å²) in [4.78, 5) is 11.1. The van der Waals surface area contributed by atoms with Gasteiger partial charge in [-0.25, -0.2) is 8.78 Å². The van der Waals surface area contributed by atoms with Crippen molar-refractivity contribution in [2.45, 2.75) is 45.3 Å². The molecule has 1 fully saturated rings. The highest BCUT2D eigenvalue weighted by Gasteiger charge is 2.18. The van der Waals surface area contributed by atoms with Gasteiger partial charge >= 0.3 is 0 Å². The number of rotatable bonds is 9. The maximum Gasteiger partial charge on any atom is 0.191 e. The Morgan fingerprint density at radius 1 is 1.18 bits per heavy atom. The third kappa shape index (κ3) is 5.52. The molecule has 3 rings (SSSR count). The van der Waals surface area contributed by atoms with Crippen LogP contribution in [0.4, 0.5) is 8.78 Å². The molecule has 150 valence electrons. The van der Waals surface area contributed by atoms with E-state index in [0.717, 1.165) is 19.4 Å². The topological polar surface area (TPSA) is 44.8 Å². The molecule has 0 amide bonds. The molecule has 28 heavy (non-hydrogen) atoms. The number of benzene rings is 2. The highest BCUT2D eigenvalue weighted by molar-refractivity contribution is 5.75. The first-order valence-electron chi connectivity index (χ1n) is 9.45. The molecule has 1 unspecified atom stereocenters. The second-order valence-electron chi connectivity index (χ2n) is 6.93. The number of ketones is 1. The van der Waals surface area contributed by atoms with Crippen molar-refractivity contribution in [3.8, 4) is 11.5 Å². The van der Waals surface area contributed by atoms with E-state index < -0.39 is 17.4 Å². The number of carbonyl (C=O) groups is 1. The second-order valence-corrected chi connectivity index (χ2v) is 6.93. The van der Waals surface area contributed by atoms with Crippen LogP contribution >= 0.6 is 0 Å². The lowest BCUT2D eigenvalue weighted by Gasteiger charge is -2.15. The summed E-state index contributed by atoms with van der Waals surface area (Å²) in [5.41, 5.74) is 1.12. The van der Waals surface area contributed by atoms with Crippen molar-refractivity contribution < 1.29 is 27.8 Å². The van der Waals surface area contributed by atoms with Crippen molar-refractivity contribution in [3.63, 3.8) is 0 Å². The van der Waals surface area contributed by atoms with Crippen molar-refractivity contribution in [2.24, 2.45) is 0 Å². The molecular weight excluding hydrogens is 366 g/mol. The van der Waals surface area contributed by atoms with E-state index in [-0.39, 0.29) is 24.9 Å². The number of ether oxygens (including phenoxy) is 3. The fraction of sp³-hybridized carbons (Fsp3) is 0.409. The first kappa shape index (κ1) is 20.3. The van der Waals surface area contributed by atoms with Gasteiger partial charge in [0.2, 0.25) is 0 Å². The largest absolute Gasteiger partial charge is 0.490 e. The highest BCUT2D eigenvalue weighted by Crippen LogP contribution is 2.27. The van der Waals surface area contributed by atoms with Crippen LogP contribution in [0.25, 0.3) is 0 Å². The third-order valence-electron chi connectivity index (χ3n) is 4.62. The SMILES string of the molecule is CC(=O)CCc1cc(F)c(OCc2ccccc2OCC2CCCO2)c(F)c1. The van der Waals surface area contributed by atoms with E-state index >= 15 is 0 Å². The van der Waals surface area contributed by atoms with Gasteiger partial charge in [0.25, 0.3) is 0 Å². The fourth-order valence-electron chi connectivity index (χ4n) is 3.09. The molecule has 2 aromatic rings. The van der Waals surface area contributed by atoms with Crippen LogP contribution in [0.5, 0.6) is 11.5 Å². The summed E-state index contributed by atoms with van der Waals surface area (Å²) in [6.07, 6.45) is 2.61. The van der Waals surface area contributed by atoms with Crippen LogP contribution in [0, 0.1) is 11.6 Å². The molecule has 0 aromatic heterocycles. The second kappa shape index (κ2) is 9.64. The lowest BCUT2D eigenvalue weighted by molar-refractivity contribution is -0.116. The third-order valence-corrected chi connectivity index (χ3v) is 4.62. The van der Waals surface area contributed by atoms with Gasteiger partial charge in [-0.2, -0.15) is 0 Å². The number of para-hydroxylation sites is 1. The summed E-state index contributed by atoms with van der Waals surface area (Å²) in [6.45, 7) is 2.61. The highest BCUT2D eigenvalue weighted by atomic mass is 19.1. The van der Waals surface area contributed by atoms with Gasteiger partial charge in [0, 0.05) is 18.6 Å². The molecule has 1 heterocycles. The normalized spacial score (nSPS) is 16.2. The number of hydrogen-bond acceptors (Lipinski definition) is 4. The minimum atomic E-state index is -0.781. The molecule has 0 N–H and O–H groups in total. The number of aryl methyl sites for hydroxylation is 1. The predicted octanol–water partition coefficient (Wildman–Crippen LogP) is 4.62. The molecule has 0 saturated carbocycles. The Kier molecular flexibility index (Phi) is 6.98. The van der Waals surface area contributed by atoms with Gasteiger partial charge in [-0.15, -0.1) is 0 Å². The molecule has 0 radical (unpaired) electrons. The van der Waals surface area contributed by atoms with Crippen LogP contribution in [0.15, 0.2) is 36.4 Å². The molecular formula is C22H24F2O4. The van der Waals surface area contributed by atoms with Crippen LogP contribution in [0.1, 0.15) is 37.3 Å². The maximum absolute atomic E-state index is 14.3. The summed E-state index contributed by atoms with van der Waals surface area (Å²) in [5.74, 6) is -1.41. The van der Waals surface area contributed by atoms with Crippen LogP contribution in [0.2, 0.25) is 0 Å². The molecule has 0 aliphatic carbocycles. The Bertz CT molecular complexity index is 793. The average Bonchev–Trinajstić information content (AvgIpc) is 3.18. The van der Waals surface area contributed by atoms with Crippen molar-refractivity contribution in [2.75, 3.05) is 13.2 Å². The Morgan fingerprint density at radius 2 is 1.93 bits per heavy atom. The summed E-state index contributed by atoms with van der Waals surface area (Å²) in [6, 6.07) is 9.66. The number of hydrogen-bond donors (Lipinski definition) is 0. The van der Waals surface area contributed by atoms with Crippen molar-refractivity contribution in [1.82, 2.24) is 0 Å². The van der Waals surface area contributed by atoms with E-state index in [1.807, 2.05) is 12.1 Å². The van der Waals surface area contributed by atoms with Crippen molar-refractivity contribution >= 4 is 5.78 Å². The lowest BCUT2D eigenvalue weighted by Crippen LogP contribution is -2.17. The van der Waals surface area contributed by atoms with Crippen LogP contribution in [0.3, 0.4) is 0 Å². The minimum absolute atomic E-state index is 0.0255. The van der Waals surface area contributed by atoms with Gasteiger partial charge in [-0.1, -0.05) is 18.2 Å². The minimum Gasteiger partial charge on any atom is -0.490 e. The zero-order chi connectivity index (χ0) is 19.9. The Morgan fingerprint density at radius 3 is 2.61 bits per heavy atom. The van der Waals surface area contributed by atoms with E-state index in [4.69, 9.17) is 14.2 Å². The van der Waals surface area contributed by atoms with Gasteiger partial charge < -0.3 is 19.0 Å². The van der Waals surface area contributed by atoms with Crippen molar-refractivity contribution in [1.29, 1.82) is 0 Å². The molecule has 1 aliphatic heterocycles. The monoisotopic (exact) mass is 390 g/mol. The van der Waals surface area contributed by atoms with E-state index in [9.17, 15) is 13.6 Å². The summed E-state index contributed by atoms with van der Waals surface area (Å²) < 4.78 is 45.4. The number of carbonyl (C=O) groups excluding carboxylic acids is 1. The summed E-state index contributed by atoms with van der Waals surface area (Å²) in [5, 5.41) is 0. The zero-order valence-electron chi connectivity index (χ0n) is 15.9. The quantitative estimate of drug-likeness (QED) is 0.627. The number of halogens is 2. The van der Waals surface area contributed by atoms with Gasteiger partial charge in [-0.05, 0) is 49.9 Å². The summed E-state index contributed by atoms with van der Waals surface area (Å²) in [7, 11) is 0. The molecule has 1 aliphatic rings. The predicted molar refractivity (Wildman–Crippen MR) is 101 cm³/mol. The van der Waals surface area contributed by atoms with Gasteiger partial charge in [-0.3, -0.25) is 0 Å². The van der Waals surface area contributed by atoms with Gasteiger partial charge in [0.15, 0.2) is 17.4 Å². The molecule has 4 nitrogen and oxygen atoms in total. The summed E-state index contributed by atoms with van der Waals surface area (Å²) >= 11 is 0. The Labute approximate surface area is 163 Å². The molecule has 1 atom stereocenters. The van der Waals surface area contributed by atoms with E-state index in [2.05, 4.69) is 0 Å². The van der Waals surface area contributed by atoms with Crippen LogP contribution < -0.4 is 9.47 Å². The molecule has 0 bridgehead atoms. The van der Waals surface area contributed by atoms with Gasteiger partial charge in [0.1, 0.15) is 24.7 Å². The van der Waals surface area contributed by atoms with Crippen LogP contribution in [-0.2, 0) is 22.6 Å². The molecule has 0 spiro atoms.